The molecular weight excluding hydrogens is 308 g/mol. The molecule has 0 bridgehead atoms. The highest BCUT2D eigenvalue weighted by molar-refractivity contribution is 9.10. The van der Waals surface area contributed by atoms with Crippen LogP contribution in [0.2, 0.25) is 0 Å². The molecule has 98 valence electrons. The van der Waals surface area contributed by atoms with Crippen molar-refractivity contribution in [2.24, 2.45) is 11.7 Å². The van der Waals surface area contributed by atoms with Gasteiger partial charge in [0.25, 0.3) is 0 Å². The van der Waals surface area contributed by atoms with Gasteiger partial charge < -0.3 is 10.8 Å². The van der Waals surface area contributed by atoms with Crippen molar-refractivity contribution in [3.05, 3.63) is 34.1 Å². The number of benzene rings is 1. The first kappa shape index (κ1) is 16.8. The highest BCUT2D eigenvalue weighted by atomic mass is 79.9. The third-order valence-corrected chi connectivity index (χ3v) is 3.55. The fourth-order valence-electron chi connectivity index (χ4n) is 1.56. The molecule has 0 spiro atoms. The molecular formula is C12H18BrClFNO. The fourth-order valence-corrected chi connectivity index (χ4v) is 1.94. The van der Waals surface area contributed by atoms with Gasteiger partial charge in [-0.1, -0.05) is 32.4 Å². The summed E-state index contributed by atoms with van der Waals surface area (Å²) in [6, 6.07) is 4.25. The summed E-state index contributed by atoms with van der Waals surface area (Å²) < 4.78 is 14.1. The monoisotopic (exact) mass is 325 g/mol. The van der Waals surface area contributed by atoms with Gasteiger partial charge in [0, 0.05) is 5.56 Å². The van der Waals surface area contributed by atoms with Gasteiger partial charge in [-0.3, -0.25) is 0 Å². The Morgan fingerprint density at radius 2 is 2.06 bits per heavy atom. The summed E-state index contributed by atoms with van der Waals surface area (Å²) in [6.07, 6.45) is 0.0820. The largest absolute Gasteiger partial charge is 0.391 e. The third-order valence-electron chi connectivity index (χ3n) is 2.94. The van der Waals surface area contributed by atoms with Crippen molar-refractivity contribution in [1.29, 1.82) is 0 Å². The maximum atomic E-state index is 13.7. The molecule has 0 aliphatic rings. The van der Waals surface area contributed by atoms with Gasteiger partial charge in [-0.2, -0.15) is 0 Å². The smallest absolute Gasteiger partial charge is 0.142 e. The standard InChI is InChI=1S/C12H17BrFNO.ClH/c1-3-7(2)12(16)11(15)8-5-4-6-9(13)10(8)14;/h4-7,11-12,16H,3,15H2,1-2H3;1H/t7?,11-,12+;/m1./s1. The Bertz CT molecular complexity index is 364. The fraction of sp³-hybridized carbons (Fsp3) is 0.500. The van der Waals surface area contributed by atoms with Crippen LogP contribution in [0, 0.1) is 11.7 Å². The van der Waals surface area contributed by atoms with Gasteiger partial charge in [-0.15, -0.1) is 12.4 Å². The van der Waals surface area contributed by atoms with E-state index in [0.717, 1.165) is 6.42 Å². The van der Waals surface area contributed by atoms with Crippen LogP contribution in [0.1, 0.15) is 31.9 Å². The van der Waals surface area contributed by atoms with Crippen LogP contribution in [0.25, 0.3) is 0 Å². The second kappa shape index (κ2) is 7.31. The van der Waals surface area contributed by atoms with E-state index < -0.39 is 18.0 Å². The Morgan fingerprint density at radius 1 is 1.47 bits per heavy atom. The summed E-state index contributed by atoms with van der Waals surface area (Å²) in [5.41, 5.74) is 6.22. The van der Waals surface area contributed by atoms with Crippen molar-refractivity contribution in [1.82, 2.24) is 0 Å². The van der Waals surface area contributed by atoms with Crippen molar-refractivity contribution in [3.8, 4) is 0 Å². The van der Waals surface area contributed by atoms with Crippen LogP contribution < -0.4 is 5.73 Å². The van der Waals surface area contributed by atoms with E-state index in [9.17, 15) is 9.50 Å². The lowest BCUT2D eigenvalue weighted by molar-refractivity contribution is 0.0867. The summed E-state index contributed by atoms with van der Waals surface area (Å²) >= 11 is 3.11. The number of halogens is 3. The zero-order chi connectivity index (χ0) is 12.3. The highest BCUT2D eigenvalue weighted by Gasteiger charge is 2.24. The lowest BCUT2D eigenvalue weighted by Gasteiger charge is -2.24. The van der Waals surface area contributed by atoms with E-state index in [1.165, 1.54) is 0 Å². The summed E-state index contributed by atoms with van der Waals surface area (Å²) in [5, 5.41) is 9.95. The predicted octanol–water partition coefficient (Wildman–Crippen LogP) is 3.42. The predicted molar refractivity (Wildman–Crippen MR) is 73.7 cm³/mol. The number of aliphatic hydroxyl groups is 1. The molecule has 1 unspecified atom stereocenters. The second-order valence-electron chi connectivity index (χ2n) is 4.04. The van der Waals surface area contributed by atoms with Crippen LogP contribution in [-0.2, 0) is 0 Å². The Labute approximate surface area is 116 Å². The van der Waals surface area contributed by atoms with Gasteiger partial charge >= 0.3 is 0 Å². The molecule has 0 aliphatic carbocycles. The van der Waals surface area contributed by atoms with Gasteiger partial charge in [0.1, 0.15) is 5.82 Å². The molecule has 0 amide bonds. The number of nitrogens with two attached hydrogens (primary N) is 1. The lowest BCUT2D eigenvalue weighted by atomic mass is 9.91. The topological polar surface area (TPSA) is 46.2 Å². The molecule has 5 heteroatoms. The normalized spacial score (nSPS) is 15.9. The van der Waals surface area contributed by atoms with E-state index in [2.05, 4.69) is 15.9 Å². The van der Waals surface area contributed by atoms with Gasteiger partial charge in [0.05, 0.1) is 16.6 Å². The number of rotatable bonds is 4. The van der Waals surface area contributed by atoms with Crippen LogP contribution in [0.15, 0.2) is 22.7 Å². The van der Waals surface area contributed by atoms with Crippen molar-refractivity contribution in [2.75, 3.05) is 0 Å². The average molecular weight is 327 g/mol. The first-order chi connectivity index (χ1) is 7.49. The molecule has 1 aromatic rings. The molecule has 0 aromatic heterocycles. The van der Waals surface area contributed by atoms with E-state index in [-0.39, 0.29) is 18.3 Å². The second-order valence-corrected chi connectivity index (χ2v) is 4.90. The molecule has 17 heavy (non-hydrogen) atoms. The van der Waals surface area contributed by atoms with Crippen LogP contribution in [-0.4, -0.2) is 11.2 Å². The molecule has 1 rings (SSSR count). The van der Waals surface area contributed by atoms with E-state index in [0.29, 0.717) is 10.0 Å². The minimum atomic E-state index is -0.728. The highest BCUT2D eigenvalue weighted by Crippen LogP contribution is 2.27. The molecule has 0 heterocycles. The van der Waals surface area contributed by atoms with Crippen molar-refractivity contribution in [3.63, 3.8) is 0 Å². The number of hydrogen-bond donors (Lipinski definition) is 2. The summed E-state index contributed by atoms with van der Waals surface area (Å²) in [7, 11) is 0. The molecule has 0 radical (unpaired) electrons. The Hall–Kier alpha value is -0.160. The maximum absolute atomic E-state index is 13.7. The van der Waals surface area contributed by atoms with E-state index in [4.69, 9.17) is 5.73 Å². The lowest BCUT2D eigenvalue weighted by Crippen LogP contribution is -2.32. The molecule has 3 N–H and O–H groups in total. The van der Waals surface area contributed by atoms with Crippen LogP contribution >= 0.6 is 28.3 Å². The van der Waals surface area contributed by atoms with Gasteiger partial charge in [-0.25, -0.2) is 4.39 Å². The first-order valence-corrected chi connectivity index (χ1v) is 6.15. The Balaban J connectivity index is 0.00000256. The van der Waals surface area contributed by atoms with E-state index >= 15 is 0 Å². The Kier molecular flexibility index (Phi) is 7.24. The summed E-state index contributed by atoms with van der Waals surface area (Å²) in [4.78, 5) is 0. The minimum absolute atomic E-state index is 0. The SMILES string of the molecule is CCC(C)[C@H](O)[C@H](N)c1cccc(Br)c1F.Cl. The maximum Gasteiger partial charge on any atom is 0.142 e. The van der Waals surface area contributed by atoms with Gasteiger partial charge in [-0.05, 0) is 27.9 Å². The number of hydrogen-bond acceptors (Lipinski definition) is 2. The molecule has 0 aliphatic heterocycles. The molecule has 3 atom stereocenters. The molecule has 2 nitrogen and oxygen atoms in total. The quantitative estimate of drug-likeness (QED) is 0.890. The average Bonchev–Trinajstić information content (AvgIpc) is 2.29. The summed E-state index contributed by atoms with van der Waals surface area (Å²) in [5.74, 6) is -0.342. The van der Waals surface area contributed by atoms with Crippen LogP contribution in [0.3, 0.4) is 0 Å². The summed E-state index contributed by atoms with van der Waals surface area (Å²) in [6.45, 7) is 3.87. The minimum Gasteiger partial charge on any atom is -0.391 e. The van der Waals surface area contributed by atoms with Gasteiger partial charge in [0.2, 0.25) is 0 Å². The first-order valence-electron chi connectivity index (χ1n) is 5.36. The van der Waals surface area contributed by atoms with Gasteiger partial charge in [0.15, 0.2) is 0 Å². The Morgan fingerprint density at radius 3 is 2.59 bits per heavy atom. The van der Waals surface area contributed by atoms with Crippen LogP contribution in [0.4, 0.5) is 4.39 Å². The zero-order valence-corrected chi connectivity index (χ0v) is 12.3. The van der Waals surface area contributed by atoms with Crippen molar-refractivity contribution in [2.45, 2.75) is 32.4 Å². The van der Waals surface area contributed by atoms with E-state index in [1.54, 1.807) is 18.2 Å². The van der Waals surface area contributed by atoms with Crippen molar-refractivity contribution < 1.29 is 9.50 Å². The third kappa shape index (κ3) is 3.91. The van der Waals surface area contributed by atoms with Crippen molar-refractivity contribution >= 4 is 28.3 Å². The molecule has 0 saturated carbocycles. The molecule has 0 saturated heterocycles. The van der Waals surface area contributed by atoms with Crippen LogP contribution in [0.5, 0.6) is 0 Å². The number of aliphatic hydroxyl groups excluding tert-OH is 1. The molecule has 0 fully saturated rings. The molecule has 1 aromatic carbocycles. The van der Waals surface area contributed by atoms with E-state index in [1.807, 2.05) is 13.8 Å². The zero-order valence-electron chi connectivity index (χ0n) is 9.86.